The van der Waals surface area contributed by atoms with E-state index in [9.17, 15) is 14.9 Å². The van der Waals surface area contributed by atoms with Crippen LogP contribution in [-0.2, 0) is 13.1 Å². The van der Waals surface area contributed by atoms with E-state index in [0.29, 0.717) is 26.9 Å². The smallest absolute Gasteiger partial charge is 0.274 e. The molecule has 27 heavy (non-hydrogen) atoms. The number of amides is 1. The van der Waals surface area contributed by atoms with Gasteiger partial charge < -0.3 is 9.32 Å². The van der Waals surface area contributed by atoms with E-state index >= 15 is 0 Å². The van der Waals surface area contributed by atoms with Crippen molar-refractivity contribution in [2.75, 3.05) is 0 Å². The summed E-state index contributed by atoms with van der Waals surface area (Å²) >= 11 is 12.2. The van der Waals surface area contributed by atoms with E-state index in [4.69, 9.17) is 27.6 Å². The van der Waals surface area contributed by atoms with Crippen molar-refractivity contribution in [2.45, 2.75) is 13.1 Å². The number of carbonyl (C=O) groups is 1. The van der Waals surface area contributed by atoms with Crippen LogP contribution < -0.4 is 0 Å². The fraction of sp³-hybridized carbons (Fsp3) is 0.105. The molecule has 3 aromatic rings. The molecule has 6 nitrogen and oxygen atoms in total. The van der Waals surface area contributed by atoms with Crippen LogP contribution in [0.3, 0.4) is 0 Å². The first-order valence-corrected chi connectivity index (χ1v) is 8.70. The van der Waals surface area contributed by atoms with E-state index in [1.807, 2.05) is 0 Å². The fourth-order valence-corrected chi connectivity index (χ4v) is 3.07. The van der Waals surface area contributed by atoms with Crippen molar-refractivity contribution in [3.05, 3.63) is 97.9 Å². The van der Waals surface area contributed by atoms with Crippen LogP contribution in [0.2, 0.25) is 10.0 Å². The van der Waals surface area contributed by atoms with E-state index in [-0.39, 0.29) is 24.7 Å². The summed E-state index contributed by atoms with van der Waals surface area (Å²) < 4.78 is 5.33. The fourth-order valence-electron chi connectivity index (χ4n) is 2.66. The maximum Gasteiger partial charge on any atom is 0.274 e. The first-order chi connectivity index (χ1) is 13.0. The zero-order chi connectivity index (χ0) is 19.4. The van der Waals surface area contributed by atoms with Crippen molar-refractivity contribution in [1.82, 2.24) is 4.90 Å². The summed E-state index contributed by atoms with van der Waals surface area (Å²) in [5, 5.41) is 12.0. The van der Waals surface area contributed by atoms with Crippen LogP contribution in [0.25, 0.3) is 0 Å². The average Bonchev–Trinajstić information content (AvgIpc) is 3.14. The third-order valence-electron chi connectivity index (χ3n) is 3.92. The van der Waals surface area contributed by atoms with Crippen LogP contribution in [0.4, 0.5) is 5.69 Å². The maximum atomic E-state index is 13.1. The Hall–Kier alpha value is -2.83. The Morgan fingerprint density at radius 2 is 1.85 bits per heavy atom. The van der Waals surface area contributed by atoms with Crippen molar-refractivity contribution in [3.63, 3.8) is 0 Å². The SMILES string of the molecule is O=C(c1ccccc1Cl)N(Cc1ccco1)Cc1cc(Cl)ccc1[N+](=O)[O-]. The lowest BCUT2D eigenvalue weighted by atomic mass is 10.1. The van der Waals surface area contributed by atoms with Gasteiger partial charge in [-0.05, 0) is 36.4 Å². The number of nitro groups is 1. The number of benzene rings is 2. The third-order valence-corrected chi connectivity index (χ3v) is 4.48. The number of hydrogen-bond donors (Lipinski definition) is 0. The van der Waals surface area contributed by atoms with Gasteiger partial charge >= 0.3 is 0 Å². The van der Waals surface area contributed by atoms with Gasteiger partial charge in [-0.3, -0.25) is 14.9 Å². The monoisotopic (exact) mass is 404 g/mol. The number of rotatable bonds is 6. The second-order valence-electron chi connectivity index (χ2n) is 5.75. The Labute approximate surface area is 165 Å². The molecular weight excluding hydrogens is 391 g/mol. The molecule has 0 radical (unpaired) electrons. The van der Waals surface area contributed by atoms with E-state index in [2.05, 4.69) is 0 Å². The molecule has 0 aliphatic carbocycles. The Balaban J connectivity index is 1.98. The molecule has 0 spiro atoms. The number of halogens is 2. The van der Waals surface area contributed by atoms with Crippen molar-refractivity contribution in [3.8, 4) is 0 Å². The lowest BCUT2D eigenvalue weighted by Crippen LogP contribution is -2.30. The maximum absolute atomic E-state index is 13.1. The highest BCUT2D eigenvalue weighted by atomic mass is 35.5. The van der Waals surface area contributed by atoms with Gasteiger partial charge in [-0.1, -0.05) is 35.3 Å². The zero-order valence-electron chi connectivity index (χ0n) is 14.0. The highest BCUT2D eigenvalue weighted by molar-refractivity contribution is 6.33. The molecule has 0 saturated heterocycles. The molecule has 1 heterocycles. The summed E-state index contributed by atoms with van der Waals surface area (Å²) in [5.74, 6) is 0.173. The molecule has 0 aliphatic rings. The number of carbonyl (C=O) groups excluding carboxylic acids is 1. The van der Waals surface area contributed by atoms with Gasteiger partial charge in [-0.2, -0.15) is 0 Å². The van der Waals surface area contributed by atoms with Gasteiger partial charge in [0, 0.05) is 11.1 Å². The summed E-state index contributed by atoms with van der Waals surface area (Å²) in [6.07, 6.45) is 1.50. The zero-order valence-corrected chi connectivity index (χ0v) is 15.5. The van der Waals surface area contributed by atoms with Crippen LogP contribution in [0.1, 0.15) is 21.7 Å². The van der Waals surface area contributed by atoms with Gasteiger partial charge in [0.1, 0.15) is 5.76 Å². The van der Waals surface area contributed by atoms with Crippen molar-refractivity contribution < 1.29 is 14.1 Å². The van der Waals surface area contributed by atoms with Gasteiger partial charge in [0.15, 0.2) is 0 Å². The first-order valence-electron chi connectivity index (χ1n) is 7.94. The number of furan rings is 1. The Bertz CT molecular complexity index is 974. The molecule has 3 rings (SSSR count). The van der Waals surface area contributed by atoms with Gasteiger partial charge in [-0.25, -0.2) is 0 Å². The largest absolute Gasteiger partial charge is 0.467 e. The molecule has 1 amide bonds. The standard InChI is InChI=1S/C19H14Cl2N2O4/c20-14-7-8-18(23(25)26)13(10-14)11-22(12-15-4-3-9-27-15)19(24)16-5-1-2-6-17(16)21/h1-10H,11-12H2. The Morgan fingerprint density at radius 3 is 2.52 bits per heavy atom. The van der Waals surface area contributed by atoms with Gasteiger partial charge in [0.05, 0.1) is 40.4 Å². The number of nitro benzene ring substituents is 1. The Morgan fingerprint density at radius 1 is 1.07 bits per heavy atom. The molecular formula is C19H14Cl2N2O4. The summed E-state index contributed by atoms with van der Waals surface area (Å²) in [4.78, 5) is 25.3. The quantitative estimate of drug-likeness (QED) is 0.410. The normalized spacial score (nSPS) is 10.6. The lowest BCUT2D eigenvalue weighted by Gasteiger charge is -2.22. The molecule has 0 atom stereocenters. The van der Waals surface area contributed by atoms with Gasteiger partial charge in [-0.15, -0.1) is 0 Å². The van der Waals surface area contributed by atoms with Crippen LogP contribution in [0.15, 0.2) is 65.3 Å². The van der Waals surface area contributed by atoms with Gasteiger partial charge in [0.2, 0.25) is 0 Å². The first kappa shape index (κ1) is 18.9. The molecule has 0 N–H and O–H groups in total. The van der Waals surface area contributed by atoms with Crippen LogP contribution >= 0.6 is 23.2 Å². The number of nitrogens with zero attached hydrogens (tertiary/aromatic N) is 2. The van der Waals surface area contributed by atoms with Crippen molar-refractivity contribution >= 4 is 34.8 Å². The van der Waals surface area contributed by atoms with E-state index < -0.39 is 4.92 Å². The molecule has 1 aromatic heterocycles. The van der Waals surface area contributed by atoms with Gasteiger partial charge in [0.25, 0.3) is 11.6 Å². The second-order valence-corrected chi connectivity index (χ2v) is 6.59. The van der Waals surface area contributed by atoms with E-state index in [1.165, 1.54) is 29.4 Å². The molecule has 0 saturated carbocycles. The van der Waals surface area contributed by atoms with Crippen molar-refractivity contribution in [2.24, 2.45) is 0 Å². The highest BCUT2D eigenvalue weighted by Gasteiger charge is 2.23. The summed E-state index contributed by atoms with van der Waals surface area (Å²) in [5.41, 5.74) is 0.505. The molecule has 0 fully saturated rings. The summed E-state index contributed by atoms with van der Waals surface area (Å²) in [7, 11) is 0. The molecule has 2 aromatic carbocycles. The number of hydrogen-bond acceptors (Lipinski definition) is 4. The molecule has 138 valence electrons. The van der Waals surface area contributed by atoms with Crippen molar-refractivity contribution in [1.29, 1.82) is 0 Å². The summed E-state index contributed by atoms with van der Waals surface area (Å²) in [6.45, 7) is 0.0996. The average molecular weight is 405 g/mol. The lowest BCUT2D eigenvalue weighted by molar-refractivity contribution is -0.385. The Kier molecular flexibility index (Phi) is 5.78. The van der Waals surface area contributed by atoms with E-state index in [1.54, 1.807) is 36.4 Å². The second kappa shape index (κ2) is 8.24. The van der Waals surface area contributed by atoms with Crippen LogP contribution in [0, 0.1) is 10.1 Å². The molecule has 8 heteroatoms. The topological polar surface area (TPSA) is 76.6 Å². The molecule has 0 aliphatic heterocycles. The molecule has 0 bridgehead atoms. The minimum absolute atomic E-state index is 0.0262. The highest BCUT2D eigenvalue weighted by Crippen LogP contribution is 2.26. The van der Waals surface area contributed by atoms with Crippen LogP contribution in [0.5, 0.6) is 0 Å². The van der Waals surface area contributed by atoms with Crippen LogP contribution in [-0.4, -0.2) is 15.7 Å². The predicted octanol–water partition coefficient (Wildman–Crippen LogP) is 5.34. The predicted molar refractivity (Wildman–Crippen MR) is 102 cm³/mol. The van der Waals surface area contributed by atoms with E-state index in [0.717, 1.165) is 0 Å². The molecule has 0 unspecified atom stereocenters. The minimum atomic E-state index is -0.503. The third kappa shape index (κ3) is 4.48. The summed E-state index contributed by atoms with van der Waals surface area (Å²) in [6, 6.07) is 14.3. The minimum Gasteiger partial charge on any atom is -0.467 e.